The first-order valence-electron chi connectivity index (χ1n) is 6.11. The summed E-state index contributed by atoms with van der Waals surface area (Å²) in [5.41, 5.74) is 2.65. The second-order valence-electron chi connectivity index (χ2n) is 4.74. The summed E-state index contributed by atoms with van der Waals surface area (Å²) in [6.07, 6.45) is 3.12. The number of rotatable bonds is 3. The van der Waals surface area contributed by atoms with Crippen molar-refractivity contribution in [3.63, 3.8) is 0 Å². The highest BCUT2D eigenvalue weighted by atomic mass is 32.2. The van der Waals surface area contributed by atoms with Gasteiger partial charge in [0.1, 0.15) is 0 Å². The van der Waals surface area contributed by atoms with Crippen molar-refractivity contribution in [1.29, 1.82) is 0 Å². The molecule has 0 aliphatic heterocycles. The summed E-state index contributed by atoms with van der Waals surface area (Å²) in [6, 6.07) is 3.70. The van der Waals surface area contributed by atoms with Gasteiger partial charge in [0.05, 0.1) is 5.56 Å². The molecule has 0 bridgehead atoms. The van der Waals surface area contributed by atoms with Crippen molar-refractivity contribution in [3.05, 3.63) is 55.6 Å². The molecule has 1 aromatic carbocycles. The molecule has 0 aliphatic rings. The van der Waals surface area contributed by atoms with E-state index in [-0.39, 0.29) is 0 Å². The lowest BCUT2D eigenvalue weighted by atomic mass is 9.95. The summed E-state index contributed by atoms with van der Waals surface area (Å²) in [7, 11) is -0.965. The first kappa shape index (κ1) is 14.5. The Kier molecular flexibility index (Phi) is 4.04. The van der Waals surface area contributed by atoms with Crippen molar-refractivity contribution in [2.45, 2.75) is 19.6 Å². The Hall–Kier alpha value is -1.95. The van der Waals surface area contributed by atoms with Crippen LogP contribution in [-0.2, 0) is 16.6 Å². The van der Waals surface area contributed by atoms with Gasteiger partial charge in [-0.2, -0.15) is 0 Å². The molecule has 1 aromatic heterocycles. The van der Waals surface area contributed by atoms with E-state index in [1.165, 1.54) is 6.20 Å². The molecule has 2 aromatic rings. The van der Waals surface area contributed by atoms with Gasteiger partial charge >= 0.3 is 5.56 Å². The Morgan fingerprint density at radius 1 is 1.15 bits per heavy atom. The Bertz CT molecular complexity index is 790. The molecular formula is C14H16N2O3S. The zero-order valence-electron chi connectivity index (χ0n) is 11.6. The van der Waals surface area contributed by atoms with E-state index in [0.717, 1.165) is 16.7 Å². The van der Waals surface area contributed by atoms with Crippen LogP contribution in [0.25, 0.3) is 11.1 Å². The van der Waals surface area contributed by atoms with Crippen LogP contribution >= 0.6 is 0 Å². The maximum atomic E-state index is 11.9. The molecular weight excluding hydrogens is 276 g/mol. The minimum Gasteiger partial charge on any atom is -0.305 e. The molecule has 0 fully saturated rings. The average Bonchev–Trinajstić information content (AvgIpc) is 2.38. The van der Waals surface area contributed by atoms with Crippen molar-refractivity contribution in [2.75, 3.05) is 6.26 Å². The highest BCUT2D eigenvalue weighted by molar-refractivity contribution is 7.83. The number of hydrogen-bond acceptors (Lipinski definition) is 3. The fourth-order valence-corrected chi connectivity index (χ4v) is 3.08. The van der Waals surface area contributed by atoms with Crippen LogP contribution in [-0.4, -0.2) is 20.7 Å². The van der Waals surface area contributed by atoms with Crippen molar-refractivity contribution in [3.8, 4) is 11.1 Å². The van der Waals surface area contributed by atoms with Crippen molar-refractivity contribution < 1.29 is 4.21 Å². The molecule has 0 spiro atoms. The average molecular weight is 292 g/mol. The quantitative estimate of drug-likeness (QED) is 0.835. The molecule has 1 atom stereocenters. The van der Waals surface area contributed by atoms with Gasteiger partial charge in [-0.3, -0.25) is 18.9 Å². The van der Waals surface area contributed by atoms with Crippen molar-refractivity contribution in [2.24, 2.45) is 0 Å². The van der Waals surface area contributed by atoms with Gasteiger partial charge in [-0.15, -0.1) is 0 Å². The maximum Gasteiger partial charge on any atom is 0.310 e. The first-order valence-corrected chi connectivity index (χ1v) is 7.84. The van der Waals surface area contributed by atoms with Crippen LogP contribution in [0, 0.1) is 13.8 Å². The lowest BCUT2D eigenvalue weighted by Crippen LogP contribution is -2.28. The summed E-state index contributed by atoms with van der Waals surface area (Å²) < 4.78 is 11.5. The minimum atomic E-state index is -0.965. The van der Waals surface area contributed by atoms with Crippen LogP contribution in [0.5, 0.6) is 0 Å². The van der Waals surface area contributed by atoms with Crippen LogP contribution in [0.1, 0.15) is 16.7 Å². The molecule has 0 saturated carbocycles. The molecule has 5 nitrogen and oxygen atoms in total. The van der Waals surface area contributed by atoms with E-state index in [2.05, 4.69) is 10.2 Å². The molecule has 20 heavy (non-hydrogen) atoms. The van der Waals surface area contributed by atoms with Gasteiger partial charge in [0.15, 0.2) is 0 Å². The zero-order chi connectivity index (χ0) is 14.9. The predicted molar refractivity (Wildman–Crippen MR) is 80.4 cm³/mol. The molecule has 106 valence electrons. The fraction of sp³-hybridized carbons (Fsp3) is 0.286. The molecule has 2 N–H and O–H groups in total. The SMILES string of the molecule is Cc1ccc(-c2c[nH][nH]c(=O)c2=O)c(C)c1C[S@](C)=O. The van der Waals surface area contributed by atoms with E-state index in [4.69, 9.17) is 0 Å². The second-order valence-corrected chi connectivity index (χ2v) is 6.17. The highest BCUT2D eigenvalue weighted by Crippen LogP contribution is 2.25. The zero-order valence-corrected chi connectivity index (χ0v) is 12.4. The van der Waals surface area contributed by atoms with Gasteiger partial charge in [0.2, 0.25) is 0 Å². The van der Waals surface area contributed by atoms with Gasteiger partial charge in [0, 0.05) is 29.0 Å². The molecule has 0 radical (unpaired) electrons. The number of aromatic amines is 2. The van der Waals surface area contributed by atoms with Crippen LogP contribution in [0.2, 0.25) is 0 Å². The van der Waals surface area contributed by atoms with E-state index in [0.29, 0.717) is 16.9 Å². The van der Waals surface area contributed by atoms with Gasteiger partial charge in [-0.25, -0.2) is 0 Å². The lowest BCUT2D eigenvalue weighted by Gasteiger charge is -2.13. The number of nitrogens with one attached hydrogen (secondary N) is 2. The molecule has 0 saturated heterocycles. The van der Waals surface area contributed by atoms with Crippen LogP contribution < -0.4 is 11.0 Å². The summed E-state index contributed by atoms with van der Waals surface area (Å²) in [5.74, 6) is 0.437. The maximum absolute atomic E-state index is 11.9. The third-order valence-electron chi connectivity index (χ3n) is 3.32. The molecule has 0 unspecified atom stereocenters. The number of benzene rings is 1. The number of aromatic nitrogens is 2. The third-order valence-corrected chi connectivity index (χ3v) is 4.02. The summed E-state index contributed by atoms with van der Waals surface area (Å²) in [5, 5.41) is 4.82. The Morgan fingerprint density at radius 2 is 1.85 bits per heavy atom. The lowest BCUT2D eigenvalue weighted by molar-refractivity contribution is 0.686. The van der Waals surface area contributed by atoms with Gasteiger partial charge < -0.3 is 5.10 Å². The van der Waals surface area contributed by atoms with E-state index >= 15 is 0 Å². The minimum absolute atomic E-state index is 0.328. The molecule has 2 rings (SSSR count). The normalized spacial score (nSPS) is 12.3. The van der Waals surface area contributed by atoms with E-state index < -0.39 is 21.8 Å². The Balaban J connectivity index is 2.70. The first-order chi connectivity index (χ1) is 9.41. The van der Waals surface area contributed by atoms with Gasteiger partial charge in [-0.1, -0.05) is 12.1 Å². The largest absolute Gasteiger partial charge is 0.310 e. The van der Waals surface area contributed by atoms with Crippen molar-refractivity contribution >= 4 is 10.8 Å². The van der Waals surface area contributed by atoms with E-state index in [1.807, 2.05) is 26.0 Å². The number of aryl methyl sites for hydroxylation is 1. The smallest absolute Gasteiger partial charge is 0.305 e. The standard InChI is InChI=1S/C14H16N2O3S/c1-8-4-5-10(9(2)12(8)7-20(3)19)11-6-15-16-14(18)13(11)17/h4-6H,7H2,1-3H3,(H,15,17)(H,16,18)/t20-/m0/s1. The van der Waals surface area contributed by atoms with Gasteiger partial charge in [-0.05, 0) is 36.1 Å². The monoisotopic (exact) mass is 292 g/mol. The van der Waals surface area contributed by atoms with Crippen LogP contribution in [0.3, 0.4) is 0 Å². The fourth-order valence-electron chi connectivity index (χ4n) is 2.23. The summed E-state index contributed by atoms with van der Waals surface area (Å²) in [6.45, 7) is 3.83. The second kappa shape index (κ2) is 5.58. The van der Waals surface area contributed by atoms with Crippen LogP contribution in [0.4, 0.5) is 0 Å². The summed E-state index contributed by atoms with van der Waals surface area (Å²) in [4.78, 5) is 23.3. The van der Waals surface area contributed by atoms with E-state index in [1.54, 1.807) is 6.26 Å². The van der Waals surface area contributed by atoms with Crippen molar-refractivity contribution in [1.82, 2.24) is 10.2 Å². The molecule has 0 aliphatic carbocycles. The molecule has 1 heterocycles. The number of H-pyrrole nitrogens is 2. The molecule has 0 amide bonds. The van der Waals surface area contributed by atoms with Gasteiger partial charge in [0.25, 0.3) is 5.43 Å². The number of hydrogen-bond donors (Lipinski definition) is 2. The highest BCUT2D eigenvalue weighted by Gasteiger charge is 2.13. The Labute approximate surface area is 118 Å². The third kappa shape index (κ3) is 2.65. The summed E-state index contributed by atoms with van der Waals surface area (Å²) >= 11 is 0. The predicted octanol–water partition coefficient (Wildman–Crippen LogP) is 1.23. The Morgan fingerprint density at radius 3 is 2.50 bits per heavy atom. The molecule has 6 heteroatoms. The van der Waals surface area contributed by atoms with Crippen LogP contribution in [0.15, 0.2) is 27.9 Å². The van der Waals surface area contributed by atoms with E-state index in [9.17, 15) is 13.8 Å². The topological polar surface area (TPSA) is 82.8 Å².